The maximum absolute atomic E-state index is 10.8. The number of nitriles is 1. The number of hydrogen-bond acceptors (Lipinski definition) is 5. The molecular formula is C14H10Cl2N4O2. The van der Waals surface area contributed by atoms with Crippen molar-refractivity contribution in [1.29, 1.82) is 5.26 Å². The van der Waals surface area contributed by atoms with Crippen LogP contribution in [0.1, 0.15) is 24.2 Å². The summed E-state index contributed by atoms with van der Waals surface area (Å²) in [5.74, 6) is 0.348. The molecule has 2 rings (SSSR count). The lowest BCUT2D eigenvalue weighted by Crippen LogP contribution is -2.09. The molecule has 0 fully saturated rings. The SMILES string of the molecule is CC(Nc1ccc([N+](=O)[O-])c(C#N)n1)c1ccc(Cl)cc1Cl. The van der Waals surface area contributed by atoms with E-state index in [1.165, 1.54) is 12.1 Å². The zero-order valence-electron chi connectivity index (χ0n) is 11.4. The standard InChI is InChI=1S/C14H10Cl2N4O2/c1-8(10-3-2-9(15)6-11(10)16)18-14-5-4-13(20(21)22)12(7-17)19-14/h2-6,8H,1H3,(H,18,19). The molecule has 1 N–H and O–H groups in total. The highest BCUT2D eigenvalue weighted by Crippen LogP contribution is 2.28. The number of benzene rings is 1. The minimum absolute atomic E-state index is 0.217. The molecule has 1 aromatic carbocycles. The van der Waals surface area contributed by atoms with E-state index in [0.29, 0.717) is 15.9 Å². The predicted molar refractivity (Wildman–Crippen MR) is 84.1 cm³/mol. The Morgan fingerprint density at radius 2 is 2.09 bits per heavy atom. The molecule has 0 aliphatic carbocycles. The summed E-state index contributed by atoms with van der Waals surface area (Å²) in [6, 6.07) is 9.29. The molecule has 8 heteroatoms. The first-order chi connectivity index (χ1) is 10.4. The van der Waals surface area contributed by atoms with Gasteiger partial charge in [0.25, 0.3) is 0 Å². The molecule has 1 heterocycles. The Kier molecular flexibility index (Phi) is 4.81. The van der Waals surface area contributed by atoms with Crippen LogP contribution in [0.15, 0.2) is 30.3 Å². The van der Waals surface area contributed by atoms with Crippen molar-refractivity contribution < 1.29 is 4.92 Å². The van der Waals surface area contributed by atoms with Gasteiger partial charge in [0.2, 0.25) is 5.69 Å². The molecule has 6 nitrogen and oxygen atoms in total. The molecule has 0 saturated heterocycles. The van der Waals surface area contributed by atoms with E-state index in [0.717, 1.165) is 5.56 Å². The Morgan fingerprint density at radius 3 is 2.68 bits per heavy atom. The molecule has 112 valence electrons. The largest absolute Gasteiger partial charge is 0.363 e. The van der Waals surface area contributed by atoms with Crippen LogP contribution in [0.2, 0.25) is 10.0 Å². The summed E-state index contributed by atoms with van der Waals surface area (Å²) in [6.07, 6.45) is 0. The van der Waals surface area contributed by atoms with E-state index in [9.17, 15) is 10.1 Å². The molecule has 0 bridgehead atoms. The van der Waals surface area contributed by atoms with Gasteiger partial charge in [-0.2, -0.15) is 5.26 Å². The van der Waals surface area contributed by atoms with Crippen LogP contribution in [-0.4, -0.2) is 9.91 Å². The monoisotopic (exact) mass is 336 g/mol. The lowest BCUT2D eigenvalue weighted by molar-refractivity contribution is -0.385. The first kappa shape index (κ1) is 16.0. The zero-order valence-corrected chi connectivity index (χ0v) is 12.9. The number of aromatic nitrogens is 1. The van der Waals surface area contributed by atoms with Crippen LogP contribution in [-0.2, 0) is 0 Å². The highest BCUT2D eigenvalue weighted by Gasteiger charge is 2.17. The summed E-state index contributed by atoms with van der Waals surface area (Å²) in [6.45, 7) is 1.85. The van der Waals surface area contributed by atoms with Crippen LogP contribution in [0, 0.1) is 21.4 Å². The summed E-state index contributed by atoms with van der Waals surface area (Å²) in [4.78, 5) is 14.1. The Balaban J connectivity index is 2.27. The second-order valence-electron chi connectivity index (χ2n) is 4.46. The molecule has 2 aromatic rings. The van der Waals surface area contributed by atoms with Gasteiger partial charge in [-0.25, -0.2) is 4.98 Å². The zero-order chi connectivity index (χ0) is 16.3. The normalized spacial score (nSPS) is 11.5. The third-order valence-corrected chi connectivity index (χ3v) is 3.53. The second-order valence-corrected chi connectivity index (χ2v) is 5.31. The van der Waals surface area contributed by atoms with Crippen molar-refractivity contribution in [2.24, 2.45) is 0 Å². The highest BCUT2D eigenvalue weighted by molar-refractivity contribution is 6.35. The van der Waals surface area contributed by atoms with E-state index in [-0.39, 0.29) is 17.4 Å². The number of pyridine rings is 1. The van der Waals surface area contributed by atoms with Crippen LogP contribution in [0.3, 0.4) is 0 Å². The molecule has 22 heavy (non-hydrogen) atoms. The Morgan fingerprint density at radius 1 is 1.36 bits per heavy atom. The summed E-state index contributed by atoms with van der Waals surface area (Å²) in [5.41, 5.74) is 0.222. The predicted octanol–water partition coefficient (Wildman–Crippen LogP) is 4.34. The van der Waals surface area contributed by atoms with Crippen LogP contribution in [0.4, 0.5) is 11.5 Å². The van der Waals surface area contributed by atoms with Crippen molar-refractivity contribution >= 4 is 34.7 Å². The summed E-state index contributed by atoms with van der Waals surface area (Å²) in [7, 11) is 0. The molecule has 1 unspecified atom stereocenters. The Hall–Kier alpha value is -2.36. The van der Waals surface area contributed by atoms with Gasteiger partial charge in [0.1, 0.15) is 11.9 Å². The number of nitrogens with one attached hydrogen (secondary N) is 1. The quantitative estimate of drug-likeness (QED) is 0.662. The van der Waals surface area contributed by atoms with Gasteiger partial charge in [0.05, 0.1) is 11.0 Å². The van der Waals surface area contributed by atoms with Gasteiger partial charge in [0, 0.05) is 16.1 Å². The minimum atomic E-state index is -0.644. The van der Waals surface area contributed by atoms with E-state index in [1.54, 1.807) is 24.3 Å². The van der Waals surface area contributed by atoms with Gasteiger partial charge in [-0.1, -0.05) is 29.3 Å². The summed E-state index contributed by atoms with van der Waals surface area (Å²) in [5, 5.41) is 23.8. The van der Waals surface area contributed by atoms with Crippen molar-refractivity contribution in [3.05, 3.63) is 61.7 Å². The minimum Gasteiger partial charge on any atom is -0.363 e. The molecule has 0 aliphatic heterocycles. The maximum Gasteiger partial charge on any atom is 0.305 e. The lowest BCUT2D eigenvalue weighted by Gasteiger charge is -2.16. The van der Waals surface area contributed by atoms with Gasteiger partial charge < -0.3 is 5.32 Å². The molecule has 1 atom stereocenters. The second kappa shape index (κ2) is 6.60. The molecular weight excluding hydrogens is 327 g/mol. The van der Waals surface area contributed by atoms with Crippen molar-refractivity contribution in [3.8, 4) is 6.07 Å². The van der Waals surface area contributed by atoms with Gasteiger partial charge in [-0.05, 0) is 30.7 Å². The number of rotatable bonds is 4. The first-order valence-corrected chi connectivity index (χ1v) is 6.95. The van der Waals surface area contributed by atoms with E-state index < -0.39 is 4.92 Å². The molecule has 0 aliphatic rings. The van der Waals surface area contributed by atoms with Gasteiger partial charge >= 0.3 is 5.69 Å². The van der Waals surface area contributed by atoms with Crippen molar-refractivity contribution in [3.63, 3.8) is 0 Å². The number of nitrogens with zero attached hydrogens (tertiary/aromatic N) is 3. The molecule has 1 aromatic heterocycles. The third-order valence-electron chi connectivity index (χ3n) is 2.97. The molecule has 0 saturated carbocycles. The third kappa shape index (κ3) is 3.45. The maximum atomic E-state index is 10.8. The van der Waals surface area contributed by atoms with Crippen molar-refractivity contribution in [1.82, 2.24) is 4.98 Å². The van der Waals surface area contributed by atoms with Crippen molar-refractivity contribution in [2.75, 3.05) is 5.32 Å². The fraction of sp³-hybridized carbons (Fsp3) is 0.143. The summed E-state index contributed by atoms with van der Waals surface area (Å²) < 4.78 is 0. The lowest BCUT2D eigenvalue weighted by atomic mass is 10.1. The number of nitro groups is 1. The Labute approximate surface area is 136 Å². The van der Waals surface area contributed by atoms with Crippen LogP contribution < -0.4 is 5.32 Å². The van der Waals surface area contributed by atoms with Crippen LogP contribution in [0.5, 0.6) is 0 Å². The fourth-order valence-corrected chi connectivity index (χ4v) is 2.49. The average Bonchev–Trinajstić information content (AvgIpc) is 2.46. The summed E-state index contributed by atoms with van der Waals surface area (Å²) >= 11 is 12.0. The van der Waals surface area contributed by atoms with E-state index in [1.807, 2.05) is 6.92 Å². The molecule has 0 radical (unpaired) electrons. The van der Waals surface area contributed by atoms with Crippen LogP contribution in [0.25, 0.3) is 0 Å². The number of halogens is 2. The highest BCUT2D eigenvalue weighted by atomic mass is 35.5. The van der Waals surface area contributed by atoms with Crippen molar-refractivity contribution in [2.45, 2.75) is 13.0 Å². The van der Waals surface area contributed by atoms with Crippen LogP contribution >= 0.6 is 23.2 Å². The number of anilines is 1. The fourth-order valence-electron chi connectivity index (χ4n) is 1.91. The average molecular weight is 337 g/mol. The van der Waals surface area contributed by atoms with Gasteiger partial charge in [-0.15, -0.1) is 0 Å². The Bertz CT molecular complexity index is 774. The molecule has 0 amide bonds. The smallest absolute Gasteiger partial charge is 0.305 e. The van der Waals surface area contributed by atoms with E-state index in [4.69, 9.17) is 28.5 Å². The topological polar surface area (TPSA) is 91.9 Å². The first-order valence-electron chi connectivity index (χ1n) is 6.19. The molecule has 0 spiro atoms. The van der Waals surface area contributed by atoms with E-state index >= 15 is 0 Å². The number of hydrogen-bond donors (Lipinski definition) is 1. The van der Waals surface area contributed by atoms with Gasteiger partial charge in [0.15, 0.2) is 0 Å². The van der Waals surface area contributed by atoms with Gasteiger partial charge in [-0.3, -0.25) is 10.1 Å². The van der Waals surface area contributed by atoms with E-state index in [2.05, 4.69) is 10.3 Å².